The number of hydrogen-bond donors (Lipinski definition) is 1. The molecule has 0 aromatic heterocycles. The summed E-state index contributed by atoms with van der Waals surface area (Å²) in [5, 5.41) is 3.01. The Morgan fingerprint density at radius 3 is 2.67 bits per heavy atom. The molecule has 4 nitrogen and oxygen atoms in total. The summed E-state index contributed by atoms with van der Waals surface area (Å²) >= 11 is 4.77. The average molecular weight is 414 g/mol. The van der Waals surface area contributed by atoms with Gasteiger partial charge in [-0.3, -0.25) is 9.59 Å². The molecule has 0 spiro atoms. The molecule has 1 fully saturated rings. The van der Waals surface area contributed by atoms with Crippen molar-refractivity contribution in [1.29, 1.82) is 0 Å². The van der Waals surface area contributed by atoms with E-state index in [2.05, 4.69) is 35.1 Å². The van der Waals surface area contributed by atoms with Crippen LogP contribution in [0.25, 0.3) is 0 Å². The molecule has 1 aromatic carbocycles. The molecule has 1 aromatic rings. The highest BCUT2D eigenvalue weighted by Gasteiger charge is 2.28. The summed E-state index contributed by atoms with van der Waals surface area (Å²) in [6, 6.07) is 7.90. The van der Waals surface area contributed by atoms with Crippen molar-refractivity contribution in [2.24, 2.45) is 11.8 Å². The number of carbonyl (C=O) groups excluding carboxylic acids is 2. The molecule has 0 radical (unpaired) electrons. The van der Waals surface area contributed by atoms with E-state index in [4.69, 9.17) is 4.74 Å². The maximum atomic E-state index is 12.0. The lowest BCUT2D eigenvalue weighted by molar-refractivity contribution is -0.146. The molecule has 6 heteroatoms. The normalized spacial score (nSPS) is 23.5. The minimum atomic E-state index is -0.372. The number of carbonyl (C=O) groups is 2. The highest BCUT2D eigenvalue weighted by Crippen LogP contribution is 2.29. The lowest BCUT2D eigenvalue weighted by atomic mass is 9.78. The maximum absolute atomic E-state index is 12.0. The van der Waals surface area contributed by atoms with Crippen LogP contribution in [0, 0.1) is 11.8 Å². The lowest BCUT2D eigenvalue weighted by Gasteiger charge is -2.34. The van der Waals surface area contributed by atoms with Crippen LogP contribution in [-0.4, -0.2) is 30.3 Å². The van der Waals surface area contributed by atoms with Crippen molar-refractivity contribution in [2.75, 3.05) is 12.4 Å². The van der Waals surface area contributed by atoms with Crippen molar-refractivity contribution in [3.05, 3.63) is 28.7 Å². The topological polar surface area (TPSA) is 55.4 Å². The number of thioether (sulfide) groups is 1. The molecule has 0 bridgehead atoms. The molecule has 132 valence electrons. The summed E-state index contributed by atoms with van der Waals surface area (Å²) in [6.45, 7) is 4.20. The zero-order valence-electron chi connectivity index (χ0n) is 14.1. The number of amides is 1. The molecule has 0 aliphatic heterocycles. The van der Waals surface area contributed by atoms with Crippen LogP contribution in [0.2, 0.25) is 0 Å². The van der Waals surface area contributed by atoms with Gasteiger partial charge in [0, 0.05) is 15.4 Å². The number of halogens is 1. The fraction of sp³-hybridized carbons (Fsp3) is 0.556. The van der Waals surface area contributed by atoms with Crippen LogP contribution in [0.5, 0.6) is 0 Å². The number of ether oxygens (including phenoxy) is 1. The highest BCUT2D eigenvalue weighted by molar-refractivity contribution is 9.10. The number of benzene rings is 1. The molecule has 3 atom stereocenters. The summed E-state index contributed by atoms with van der Waals surface area (Å²) in [7, 11) is 0. The first-order chi connectivity index (χ1) is 11.5. The van der Waals surface area contributed by atoms with Gasteiger partial charge in [0.2, 0.25) is 0 Å². The number of nitrogens with one attached hydrogen (secondary N) is 1. The van der Waals surface area contributed by atoms with E-state index in [9.17, 15) is 9.59 Å². The van der Waals surface area contributed by atoms with Crippen molar-refractivity contribution in [2.45, 2.75) is 44.0 Å². The molecular formula is C18H24BrNO3S. The molecule has 0 saturated heterocycles. The predicted octanol–water partition coefficient (Wildman–Crippen LogP) is 4.03. The number of esters is 1. The van der Waals surface area contributed by atoms with Crippen LogP contribution in [0.4, 0.5) is 0 Å². The summed E-state index contributed by atoms with van der Waals surface area (Å²) in [4.78, 5) is 24.7. The predicted molar refractivity (Wildman–Crippen MR) is 99.9 cm³/mol. The Balaban J connectivity index is 1.67. The molecule has 0 heterocycles. The third kappa shape index (κ3) is 6.13. The SMILES string of the molecule is C[C@H]1[C@@H](NC(=O)COC(=O)CSc2ccc(Br)cc2)CCC[C@@H]1C. The highest BCUT2D eigenvalue weighted by atomic mass is 79.9. The van der Waals surface area contributed by atoms with Gasteiger partial charge in [-0.05, 0) is 42.5 Å². The zero-order chi connectivity index (χ0) is 17.5. The van der Waals surface area contributed by atoms with Gasteiger partial charge in [0.15, 0.2) is 6.61 Å². The molecule has 24 heavy (non-hydrogen) atoms. The van der Waals surface area contributed by atoms with E-state index in [1.165, 1.54) is 18.2 Å². The molecule has 1 saturated carbocycles. The Hall–Kier alpha value is -1.01. The fourth-order valence-corrected chi connectivity index (χ4v) is 3.86. The van der Waals surface area contributed by atoms with Crippen LogP contribution in [0.3, 0.4) is 0 Å². The molecule has 0 unspecified atom stereocenters. The Bertz CT molecular complexity index is 564. The Morgan fingerprint density at radius 1 is 1.25 bits per heavy atom. The van der Waals surface area contributed by atoms with Crippen molar-refractivity contribution in [3.63, 3.8) is 0 Å². The fourth-order valence-electron chi connectivity index (χ4n) is 2.89. The number of rotatable bonds is 6. The van der Waals surface area contributed by atoms with Gasteiger partial charge in [-0.2, -0.15) is 0 Å². The average Bonchev–Trinajstić information content (AvgIpc) is 2.56. The molecule has 1 amide bonds. The zero-order valence-corrected chi connectivity index (χ0v) is 16.5. The smallest absolute Gasteiger partial charge is 0.316 e. The summed E-state index contributed by atoms with van der Waals surface area (Å²) < 4.78 is 6.07. The summed E-state index contributed by atoms with van der Waals surface area (Å²) in [5.74, 6) is 0.706. The van der Waals surface area contributed by atoms with E-state index in [0.717, 1.165) is 22.2 Å². The number of hydrogen-bond acceptors (Lipinski definition) is 4. The van der Waals surface area contributed by atoms with Gasteiger partial charge in [0.05, 0.1) is 5.75 Å². The van der Waals surface area contributed by atoms with E-state index >= 15 is 0 Å². The maximum Gasteiger partial charge on any atom is 0.316 e. The first kappa shape index (κ1) is 19.3. The van der Waals surface area contributed by atoms with Gasteiger partial charge < -0.3 is 10.1 Å². The van der Waals surface area contributed by atoms with Crippen LogP contribution in [-0.2, 0) is 14.3 Å². The van der Waals surface area contributed by atoms with Crippen LogP contribution >= 0.6 is 27.7 Å². The minimum Gasteiger partial charge on any atom is -0.455 e. The van der Waals surface area contributed by atoms with Gasteiger partial charge in [-0.15, -0.1) is 11.8 Å². The first-order valence-corrected chi connectivity index (χ1v) is 10.1. The quantitative estimate of drug-likeness (QED) is 0.564. The van der Waals surface area contributed by atoms with E-state index < -0.39 is 0 Å². The molecule has 1 aliphatic rings. The second-order valence-electron chi connectivity index (χ2n) is 6.34. The third-order valence-corrected chi connectivity index (χ3v) is 6.10. The van der Waals surface area contributed by atoms with Crippen molar-refractivity contribution < 1.29 is 14.3 Å². The van der Waals surface area contributed by atoms with Crippen LogP contribution < -0.4 is 5.32 Å². The molecule has 1 N–H and O–H groups in total. The van der Waals surface area contributed by atoms with Gasteiger partial charge >= 0.3 is 5.97 Å². The van der Waals surface area contributed by atoms with Crippen molar-refractivity contribution in [3.8, 4) is 0 Å². The second-order valence-corrected chi connectivity index (χ2v) is 8.31. The Morgan fingerprint density at radius 2 is 1.96 bits per heavy atom. The van der Waals surface area contributed by atoms with Gasteiger partial charge in [-0.1, -0.05) is 42.6 Å². The van der Waals surface area contributed by atoms with E-state index in [-0.39, 0.29) is 30.3 Å². The Labute approximate surface area is 156 Å². The first-order valence-electron chi connectivity index (χ1n) is 8.29. The van der Waals surface area contributed by atoms with Crippen LogP contribution in [0.15, 0.2) is 33.6 Å². The standard InChI is InChI=1S/C18H24BrNO3S/c1-12-4-3-5-16(13(12)2)20-17(21)10-23-18(22)11-24-15-8-6-14(19)7-9-15/h6-9,12-13,16H,3-5,10-11H2,1-2H3,(H,20,21)/t12-,13+,16-/m0/s1. The van der Waals surface area contributed by atoms with E-state index in [1.54, 1.807) is 0 Å². The second kappa shape index (κ2) is 9.47. The molecular weight excluding hydrogens is 390 g/mol. The monoisotopic (exact) mass is 413 g/mol. The Kier molecular flexibility index (Phi) is 7.62. The largest absolute Gasteiger partial charge is 0.455 e. The summed E-state index contributed by atoms with van der Waals surface area (Å²) in [5.41, 5.74) is 0. The lowest BCUT2D eigenvalue weighted by Crippen LogP contribution is -2.45. The van der Waals surface area contributed by atoms with Crippen molar-refractivity contribution in [1.82, 2.24) is 5.32 Å². The molecule has 1 aliphatic carbocycles. The van der Waals surface area contributed by atoms with Crippen molar-refractivity contribution >= 4 is 39.6 Å². The van der Waals surface area contributed by atoms with Gasteiger partial charge in [0.1, 0.15) is 0 Å². The van der Waals surface area contributed by atoms with E-state index in [0.29, 0.717) is 11.8 Å². The summed E-state index contributed by atoms with van der Waals surface area (Å²) in [6.07, 6.45) is 3.36. The minimum absolute atomic E-state index is 0.192. The van der Waals surface area contributed by atoms with Gasteiger partial charge in [-0.25, -0.2) is 0 Å². The molecule has 2 rings (SSSR count). The van der Waals surface area contributed by atoms with Crippen LogP contribution in [0.1, 0.15) is 33.1 Å². The van der Waals surface area contributed by atoms with Gasteiger partial charge in [0.25, 0.3) is 5.91 Å². The third-order valence-electron chi connectivity index (χ3n) is 4.59. The van der Waals surface area contributed by atoms with E-state index in [1.807, 2.05) is 24.3 Å².